The lowest BCUT2D eigenvalue weighted by molar-refractivity contribution is 0.472. The molecule has 0 bridgehead atoms. The van der Waals surface area contributed by atoms with Gasteiger partial charge >= 0.3 is 0 Å². The molecule has 20 heavy (non-hydrogen) atoms. The van der Waals surface area contributed by atoms with Gasteiger partial charge in [-0.2, -0.15) is 0 Å². The average molecular weight is 283 g/mol. The van der Waals surface area contributed by atoms with Crippen molar-refractivity contribution in [1.82, 2.24) is 9.97 Å². The summed E-state index contributed by atoms with van der Waals surface area (Å²) in [5.41, 5.74) is 3.03. The van der Waals surface area contributed by atoms with Crippen LogP contribution in [0.4, 0.5) is 5.69 Å². The van der Waals surface area contributed by atoms with E-state index in [0.717, 1.165) is 22.0 Å². The van der Waals surface area contributed by atoms with E-state index in [1.54, 1.807) is 23.5 Å². The first-order chi connectivity index (χ1) is 9.81. The fraction of sp³-hybridized carbons (Fsp3) is 0.0667. The Morgan fingerprint density at radius 2 is 1.90 bits per heavy atom. The summed E-state index contributed by atoms with van der Waals surface area (Å²) >= 11 is 1.63. The molecule has 3 aromatic rings. The van der Waals surface area contributed by atoms with Crippen molar-refractivity contribution in [3.63, 3.8) is 0 Å². The molecule has 0 unspecified atom stereocenters. The summed E-state index contributed by atoms with van der Waals surface area (Å²) < 4.78 is 0. The zero-order valence-electron chi connectivity index (χ0n) is 10.7. The molecule has 0 radical (unpaired) electrons. The molecule has 5 heteroatoms. The third-order valence-electron chi connectivity index (χ3n) is 2.85. The predicted molar refractivity (Wildman–Crippen MR) is 80.8 cm³/mol. The molecule has 0 aliphatic rings. The third-order valence-corrected chi connectivity index (χ3v) is 3.67. The Balaban J connectivity index is 1.65. The molecule has 0 spiro atoms. The van der Waals surface area contributed by atoms with Gasteiger partial charge in [-0.3, -0.25) is 4.98 Å². The van der Waals surface area contributed by atoms with Gasteiger partial charge in [0.25, 0.3) is 0 Å². The molecule has 0 aliphatic carbocycles. The fourth-order valence-corrected chi connectivity index (χ4v) is 2.46. The molecular formula is C15H13N3OS. The molecule has 2 aromatic heterocycles. The first kappa shape index (κ1) is 12.6. The minimum Gasteiger partial charge on any atom is -0.506 e. The second kappa shape index (κ2) is 5.71. The van der Waals surface area contributed by atoms with Crippen LogP contribution in [-0.2, 0) is 6.54 Å². The van der Waals surface area contributed by atoms with E-state index in [2.05, 4.69) is 15.3 Å². The lowest BCUT2D eigenvalue weighted by Crippen LogP contribution is -2.00. The Hall–Kier alpha value is -2.40. The molecule has 4 nitrogen and oxygen atoms in total. The standard InChI is InChI=1S/C15H13N3OS/c19-14-6-5-13(18-10-14)9-17-12-3-1-11(2-4-12)15-16-7-8-20-15/h1-8,10,17,19H,9H2. The number of aromatic hydroxyl groups is 1. The summed E-state index contributed by atoms with van der Waals surface area (Å²) in [4.78, 5) is 8.41. The highest BCUT2D eigenvalue weighted by Crippen LogP contribution is 2.23. The SMILES string of the molecule is Oc1ccc(CNc2ccc(-c3nccs3)cc2)nc1. The topological polar surface area (TPSA) is 58.0 Å². The lowest BCUT2D eigenvalue weighted by Gasteiger charge is -2.06. The van der Waals surface area contributed by atoms with Gasteiger partial charge in [-0.15, -0.1) is 11.3 Å². The van der Waals surface area contributed by atoms with Crippen LogP contribution in [0.2, 0.25) is 0 Å². The van der Waals surface area contributed by atoms with E-state index in [1.165, 1.54) is 6.20 Å². The van der Waals surface area contributed by atoms with Crippen molar-refractivity contribution < 1.29 is 5.11 Å². The smallest absolute Gasteiger partial charge is 0.133 e. The molecule has 0 amide bonds. The number of hydrogen-bond donors (Lipinski definition) is 2. The molecule has 100 valence electrons. The minimum absolute atomic E-state index is 0.182. The maximum atomic E-state index is 9.18. The summed E-state index contributed by atoms with van der Waals surface area (Å²) in [5, 5.41) is 15.5. The number of pyridine rings is 1. The van der Waals surface area contributed by atoms with Gasteiger partial charge in [0.2, 0.25) is 0 Å². The molecule has 2 N–H and O–H groups in total. The number of thiazole rings is 1. The van der Waals surface area contributed by atoms with Gasteiger partial charge in [0, 0.05) is 22.8 Å². The van der Waals surface area contributed by atoms with Gasteiger partial charge < -0.3 is 10.4 Å². The van der Waals surface area contributed by atoms with Crippen LogP contribution in [0.1, 0.15) is 5.69 Å². The molecule has 0 aliphatic heterocycles. The predicted octanol–water partition coefficient (Wildman–Crippen LogP) is 3.52. The normalized spacial score (nSPS) is 10.4. The maximum Gasteiger partial charge on any atom is 0.133 e. The molecule has 0 fully saturated rings. The van der Waals surface area contributed by atoms with E-state index in [-0.39, 0.29) is 5.75 Å². The van der Waals surface area contributed by atoms with Gasteiger partial charge in [-0.1, -0.05) is 0 Å². The maximum absolute atomic E-state index is 9.18. The Kier molecular flexibility index (Phi) is 3.60. The first-order valence-electron chi connectivity index (χ1n) is 6.19. The Bertz CT molecular complexity index is 663. The van der Waals surface area contributed by atoms with E-state index in [1.807, 2.05) is 35.8 Å². The van der Waals surface area contributed by atoms with Gasteiger partial charge in [0.05, 0.1) is 18.4 Å². The zero-order valence-corrected chi connectivity index (χ0v) is 11.5. The van der Waals surface area contributed by atoms with Gasteiger partial charge in [-0.05, 0) is 36.4 Å². The largest absolute Gasteiger partial charge is 0.506 e. The number of hydrogen-bond acceptors (Lipinski definition) is 5. The third kappa shape index (κ3) is 2.95. The molecule has 2 heterocycles. The monoisotopic (exact) mass is 283 g/mol. The highest BCUT2D eigenvalue weighted by atomic mass is 32.1. The molecule has 3 rings (SSSR count). The van der Waals surface area contributed by atoms with Crippen molar-refractivity contribution in [3.8, 4) is 16.3 Å². The molecule has 0 saturated carbocycles. The van der Waals surface area contributed by atoms with Crippen LogP contribution in [-0.4, -0.2) is 15.1 Å². The van der Waals surface area contributed by atoms with Crippen LogP contribution in [0.5, 0.6) is 5.75 Å². The number of rotatable bonds is 4. The number of nitrogens with one attached hydrogen (secondary N) is 1. The number of aromatic nitrogens is 2. The minimum atomic E-state index is 0.182. The van der Waals surface area contributed by atoms with E-state index >= 15 is 0 Å². The summed E-state index contributed by atoms with van der Waals surface area (Å²) in [6.45, 7) is 0.622. The van der Waals surface area contributed by atoms with Crippen molar-refractivity contribution in [1.29, 1.82) is 0 Å². The van der Waals surface area contributed by atoms with Gasteiger partial charge in [-0.25, -0.2) is 4.98 Å². The zero-order chi connectivity index (χ0) is 13.8. The molecule has 0 atom stereocenters. The van der Waals surface area contributed by atoms with Gasteiger partial charge in [0.1, 0.15) is 10.8 Å². The average Bonchev–Trinajstić information content (AvgIpc) is 3.01. The second-order valence-corrected chi connectivity index (χ2v) is 5.17. The van der Waals surface area contributed by atoms with Crippen molar-refractivity contribution in [2.75, 3.05) is 5.32 Å². The molecular weight excluding hydrogens is 270 g/mol. The summed E-state index contributed by atoms with van der Waals surface area (Å²) in [6, 6.07) is 11.6. The van der Waals surface area contributed by atoms with Crippen molar-refractivity contribution in [3.05, 3.63) is 59.9 Å². The van der Waals surface area contributed by atoms with E-state index in [0.29, 0.717) is 6.54 Å². The second-order valence-electron chi connectivity index (χ2n) is 4.28. The van der Waals surface area contributed by atoms with E-state index in [9.17, 15) is 5.11 Å². The molecule has 0 saturated heterocycles. The van der Waals surface area contributed by atoms with Crippen LogP contribution >= 0.6 is 11.3 Å². The lowest BCUT2D eigenvalue weighted by atomic mass is 10.2. The van der Waals surface area contributed by atoms with Gasteiger partial charge in [0.15, 0.2) is 0 Å². The first-order valence-corrected chi connectivity index (χ1v) is 7.07. The summed E-state index contributed by atoms with van der Waals surface area (Å²) in [7, 11) is 0. The summed E-state index contributed by atoms with van der Waals surface area (Å²) in [5.74, 6) is 0.182. The van der Waals surface area contributed by atoms with E-state index < -0.39 is 0 Å². The van der Waals surface area contributed by atoms with Crippen LogP contribution in [0.15, 0.2) is 54.2 Å². The fourth-order valence-electron chi connectivity index (χ4n) is 1.81. The van der Waals surface area contributed by atoms with Crippen molar-refractivity contribution >= 4 is 17.0 Å². The molecule has 1 aromatic carbocycles. The van der Waals surface area contributed by atoms with E-state index in [4.69, 9.17) is 0 Å². The number of benzene rings is 1. The highest BCUT2D eigenvalue weighted by Gasteiger charge is 2.00. The Morgan fingerprint density at radius 1 is 1.05 bits per heavy atom. The number of anilines is 1. The van der Waals surface area contributed by atoms with Crippen LogP contribution < -0.4 is 5.32 Å². The van der Waals surface area contributed by atoms with Crippen molar-refractivity contribution in [2.45, 2.75) is 6.54 Å². The van der Waals surface area contributed by atoms with Crippen LogP contribution in [0.25, 0.3) is 10.6 Å². The summed E-state index contributed by atoms with van der Waals surface area (Å²) in [6.07, 6.45) is 3.26. The van der Waals surface area contributed by atoms with Crippen molar-refractivity contribution in [2.24, 2.45) is 0 Å². The van der Waals surface area contributed by atoms with Crippen LogP contribution in [0.3, 0.4) is 0 Å². The van der Waals surface area contributed by atoms with Crippen LogP contribution in [0, 0.1) is 0 Å². The quantitative estimate of drug-likeness (QED) is 0.769. The Morgan fingerprint density at radius 3 is 2.55 bits per heavy atom. The number of nitrogens with zero attached hydrogens (tertiary/aromatic N) is 2. The Labute approximate surface area is 120 Å². The highest BCUT2D eigenvalue weighted by molar-refractivity contribution is 7.13.